The lowest BCUT2D eigenvalue weighted by Gasteiger charge is -2.35. The topological polar surface area (TPSA) is 60.9 Å². The van der Waals surface area contributed by atoms with Gasteiger partial charge in [-0.3, -0.25) is 9.89 Å². The maximum Gasteiger partial charge on any atom is 0.191 e. The molecule has 1 heterocycles. The predicted octanol–water partition coefficient (Wildman–Crippen LogP) is 3.48. The van der Waals surface area contributed by atoms with Crippen LogP contribution in [-0.2, 0) is 4.74 Å². The molecule has 0 amide bonds. The van der Waals surface area contributed by atoms with E-state index in [0.717, 1.165) is 63.0 Å². The van der Waals surface area contributed by atoms with Crippen molar-refractivity contribution in [2.45, 2.75) is 12.5 Å². The van der Waals surface area contributed by atoms with Gasteiger partial charge in [-0.1, -0.05) is 30.3 Å². The minimum Gasteiger partial charge on any atom is -0.385 e. The molecule has 0 saturated carbocycles. The molecular formula is C23H33FIN5O. The van der Waals surface area contributed by atoms with Gasteiger partial charge in [0, 0.05) is 45.5 Å². The van der Waals surface area contributed by atoms with Gasteiger partial charge < -0.3 is 20.7 Å². The zero-order valence-electron chi connectivity index (χ0n) is 18.0. The Kier molecular flexibility index (Phi) is 11.6. The molecule has 0 radical (unpaired) electrons. The molecule has 1 aliphatic heterocycles. The fourth-order valence-corrected chi connectivity index (χ4v) is 3.53. The van der Waals surface area contributed by atoms with Crippen LogP contribution >= 0.6 is 24.0 Å². The van der Waals surface area contributed by atoms with E-state index in [1.165, 1.54) is 12.1 Å². The molecule has 170 valence electrons. The van der Waals surface area contributed by atoms with Crippen LogP contribution in [0.25, 0.3) is 0 Å². The normalized spacial score (nSPS) is 15.6. The molecule has 0 bridgehead atoms. The quantitative estimate of drug-likeness (QED) is 0.197. The molecule has 31 heavy (non-hydrogen) atoms. The maximum atomic E-state index is 13.4. The predicted molar refractivity (Wildman–Crippen MR) is 136 cm³/mol. The molecule has 2 aromatic carbocycles. The first kappa shape index (κ1) is 25.4. The van der Waals surface area contributed by atoms with E-state index >= 15 is 0 Å². The largest absolute Gasteiger partial charge is 0.385 e. The van der Waals surface area contributed by atoms with E-state index in [9.17, 15) is 4.39 Å². The van der Waals surface area contributed by atoms with E-state index in [0.29, 0.717) is 6.54 Å². The Bertz CT molecular complexity index is 769. The fourth-order valence-electron chi connectivity index (χ4n) is 3.53. The van der Waals surface area contributed by atoms with Gasteiger partial charge >= 0.3 is 0 Å². The summed E-state index contributed by atoms with van der Waals surface area (Å²) in [5.41, 5.74) is 2.22. The number of hydrogen-bond donors (Lipinski definition) is 3. The summed E-state index contributed by atoms with van der Waals surface area (Å²) in [6, 6.07) is 17.1. The number of benzene rings is 2. The molecule has 1 aliphatic rings. The summed E-state index contributed by atoms with van der Waals surface area (Å²) >= 11 is 0. The average molecular weight is 541 g/mol. The highest BCUT2D eigenvalue weighted by atomic mass is 127. The Balaban J connectivity index is 0.00000341. The second-order valence-electron chi connectivity index (χ2n) is 7.24. The van der Waals surface area contributed by atoms with Crippen molar-refractivity contribution in [1.29, 1.82) is 0 Å². The SMILES string of the molecule is CN=C(NCCCNc1ccccc1)NCC(c1ccc(F)cc1)N1CCOCC1.I. The summed E-state index contributed by atoms with van der Waals surface area (Å²) in [5.74, 6) is 0.559. The van der Waals surface area contributed by atoms with Crippen LogP contribution in [0.3, 0.4) is 0 Å². The Morgan fingerprint density at radius 1 is 1.03 bits per heavy atom. The monoisotopic (exact) mass is 541 g/mol. The third-order valence-electron chi connectivity index (χ3n) is 5.18. The standard InChI is InChI=1S/C23H32FN5O.HI/c1-25-23(27-13-5-12-26-21-6-3-2-4-7-21)28-18-22(29-14-16-30-17-15-29)19-8-10-20(24)11-9-19;/h2-4,6-11,22,26H,5,12-18H2,1H3,(H2,25,27,28);1H. The number of aliphatic imine (C=N–C) groups is 1. The molecule has 1 fully saturated rings. The average Bonchev–Trinajstić information content (AvgIpc) is 2.80. The van der Waals surface area contributed by atoms with E-state index < -0.39 is 0 Å². The van der Waals surface area contributed by atoms with Crippen LogP contribution in [0, 0.1) is 5.82 Å². The molecular weight excluding hydrogens is 508 g/mol. The van der Waals surface area contributed by atoms with E-state index in [1.807, 2.05) is 30.3 Å². The second kappa shape index (κ2) is 14.2. The van der Waals surface area contributed by atoms with Crippen LogP contribution in [0.2, 0.25) is 0 Å². The number of nitrogens with one attached hydrogen (secondary N) is 3. The van der Waals surface area contributed by atoms with Gasteiger partial charge in [0.15, 0.2) is 5.96 Å². The number of anilines is 1. The van der Waals surface area contributed by atoms with Gasteiger partial charge in [0.05, 0.1) is 19.3 Å². The van der Waals surface area contributed by atoms with Gasteiger partial charge in [-0.15, -0.1) is 24.0 Å². The van der Waals surface area contributed by atoms with Crippen molar-refractivity contribution in [3.05, 3.63) is 66.0 Å². The Morgan fingerprint density at radius 3 is 2.42 bits per heavy atom. The number of morpholine rings is 1. The lowest BCUT2D eigenvalue weighted by atomic mass is 10.0. The van der Waals surface area contributed by atoms with Crippen LogP contribution in [0.5, 0.6) is 0 Å². The lowest BCUT2D eigenvalue weighted by molar-refractivity contribution is 0.0170. The summed E-state index contributed by atoms with van der Waals surface area (Å²) in [6.07, 6.45) is 0.973. The van der Waals surface area contributed by atoms with Crippen LogP contribution < -0.4 is 16.0 Å². The van der Waals surface area contributed by atoms with E-state index in [1.54, 1.807) is 7.05 Å². The molecule has 3 rings (SSSR count). The summed E-state index contributed by atoms with van der Waals surface area (Å²) < 4.78 is 18.9. The van der Waals surface area contributed by atoms with Gasteiger partial charge in [0.1, 0.15) is 5.82 Å². The summed E-state index contributed by atoms with van der Waals surface area (Å²) in [7, 11) is 1.78. The molecule has 1 atom stereocenters. The minimum absolute atomic E-state index is 0. The lowest BCUT2D eigenvalue weighted by Crippen LogP contribution is -2.46. The van der Waals surface area contributed by atoms with Crippen molar-refractivity contribution in [3.63, 3.8) is 0 Å². The van der Waals surface area contributed by atoms with E-state index in [-0.39, 0.29) is 35.8 Å². The van der Waals surface area contributed by atoms with Gasteiger partial charge in [0.25, 0.3) is 0 Å². The number of nitrogens with zero attached hydrogens (tertiary/aromatic N) is 2. The molecule has 0 aromatic heterocycles. The second-order valence-corrected chi connectivity index (χ2v) is 7.24. The zero-order valence-corrected chi connectivity index (χ0v) is 20.3. The number of halogens is 2. The molecule has 3 N–H and O–H groups in total. The van der Waals surface area contributed by atoms with Crippen molar-refractivity contribution >= 4 is 35.6 Å². The number of rotatable bonds is 9. The third-order valence-corrected chi connectivity index (χ3v) is 5.18. The van der Waals surface area contributed by atoms with Crippen molar-refractivity contribution in [2.24, 2.45) is 4.99 Å². The summed E-state index contributed by atoms with van der Waals surface area (Å²) in [4.78, 5) is 6.72. The third kappa shape index (κ3) is 8.62. The molecule has 1 unspecified atom stereocenters. The Labute approximate surface area is 201 Å². The van der Waals surface area contributed by atoms with Crippen molar-refractivity contribution < 1.29 is 9.13 Å². The summed E-state index contributed by atoms with van der Waals surface area (Å²) in [5, 5.41) is 10.2. The van der Waals surface area contributed by atoms with Crippen LogP contribution in [-0.4, -0.2) is 63.8 Å². The van der Waals surface area contributed by atoms with Crippen LogP contribution in [0.4, 0.5) is 10.1 Å². The molecule has 2 aromatic rings. The molecule has 0 aliphatic carbocycles. The minimum atomic E-state index is -0.214. The molecule has 0 spiro atoms. The number of hydrogen-bond acceptors (Lipinski definition) is 4. The summed E-state index contributed by atoms with van der Waals surface area (Å²) in [6.45, 7) is 5.56. The zero-order chi connectivity index (χ0) is 21.0. The Hall–Kier alpha value is -1.91. The first-order valence-electron chi connectivity index (χ1n) is 10.6. The maximum absolute atomic E-state index is 13.4. The van der Waals surface area contributed by atoms with Gasteiger partial charge in [-0.2, -0.15) is 0 Å². The number of ether oxygens (including phenoxy) is 1. The van der Waals surface area contributed by atoms with E-state index in [2.05, 4.69) is 38.0 Å². The van der Waals surface area contributed by atoms with Crippen LogP contribution in [0.15, 0.2) is 59.6 Å². The highest BCUT2D eigenvalue weighted by Gasteiger charge is 2.23. The highest BCUT2D eigenvalue weighted by Crippen LogP contribution is 2.21. The fraction of sp³-hybridized carbons (Fsp3) is 0.435. The van der Waals surface area contributed by atoms with E-state index in [4.69, 9.17) is 4.74 Å². The first-order chi connectivity index (χ1) is 14.8. The van der Waals surface area contributed by atoms with Crippen molar-refractivity contribution in [2.75, 3.05) is 58.3 Å². The smallest absolute Gasteiger partial charge is 0.191 e. The van der Waals surface area contributed by atoms with Gasteiger partial charge in [-0.25, -0.2) is 4.39 Å². The first-order valence-corrected chi connectivity index (χ1v) is 10.6. The molecule has 6 nitrogen and oxygen atoms in total. The van der Waals surface area contributed by atoms with Crippen LogP contribution in [0.1, 0.15) is 18.0 Å². The molecule has 1 saturated heterocycles. The van der Waals surface area contributed by atoms with Crippen molar-refractivity contribution in [1.82, 2.24) is 15.5 Å². The van der Waals surface area contributed by atoms with Gasteiger partial charge in [0.2, 0.25) is 0 Å². The Morgan fingerprint density at radius 2 is 1.74 bits per heavy atom. The number of para-hydroxylation sites is 1. The highest BCUT2D eigenvalue weighted by molar-refractivity contribution is 14.0. The number of guanidine groups is 1. The molecule has 8 heteroatoms. The van der Waals surface area contributed by atoms with Gasteiger partial charge in [-0.05, 0) is 36.2 Å². The van der Waals surface area contributed by atoms with Crippen molar-refractivity contribution in [3.8, 4) is 0 Å².